The van der Waals surface area contributed by atoms with Crippen LogP contribution in [0.15, 0.2) is 18.2 Å². The molecule has 4 heteroatoms. The maximum atomic E-state index is 6.04. The largest absolute Gasteiger partial charge is 0.330 e. The second-order valence-corrected chi connectivity index (χ2v) is 5.88. The molecule has 0 aliphatic carbocycles. The Labute approximate surface area is 119 Å². The van der Waals surface area contributed by atoms with Crippen LogP contribution >= 0.6 is 23.2 Å². The molecule has 0 spiro atoms. The summed E-state index contributed by atoms with van der Waals surface area (Å²) < 4.78 is 0. The molecular weight excluding hydrogens is 267 g/mol. The van der Waals surface area contributed by atoms with Crippen molar-refractivity contribution in [3.05, 3.63) is 33.8 Å². The second kappa shape index (κ2) is 6.76. The topological polar surface area (TPSA) is 29.3 Å². The van der Waals surface area contributed by atoms with E-state index in [4.69, 9.17) is 28.9 Å². The molecule has 0 amide bonds. The molecule has 1 unspecified atom stereocenters. The van der Waals surface area contributed by atoms with Crippen molar-refractivity contribution in [2.24, 2.45) is 11.7 Å². The van der Waals surface area contributed by atoms with Gasteiger partial charge >= 0.3 is 0 Å². The van der Waals surface area contributed by atoms with Crippen LogP contribution in [0.4, 0.5) is 0 Å². The lowest BCUT2D eigenvalue weighted by atomic mass is 9.94. The van der Waals surface area contributed by atoms with Gasteiger partial charge < -0.3 is 5.73 Å². The molecule has 1 heterocycles. The van der Waals surface area contributed by atoms with Crippen molar-refractivity contribution in [2.45, 2.75) is 25.8 Å². The highest BCUT2D eigenvalue weighted by Gasteiger charge is 2.19. The van der Waals surface area contributed by atoms with E-state index in [2.05, 4.69) is 11.0 Å². The average Bonchev–Trinajstić information content (AvgIpc) is 2.35. The zero-order chi connectivity index (χ0) is 13.0. The number of halogens is 2. The van der Waals surface area contributed by atoms with Crippen molar-refractivity contribution in [3.8, 4) is 0 Å². The quantitative estimate of drug-likeness (QED) is 0.917. The summed E-state index contributed by atoms with van der Waals surface area (Å²) >= 11 is 12.0. The predicted molar refractivity (Wildman–Crippen MR) is 78.1 cm³/mol. The van der Waals surface area contributed by atoms with Crippen LogP contribution in [-0.4, -0.2) is 24.5 Å². The fourth-order valence-corrected chi connectivity index (χ4v) is 2.98. The normalized spacial score (nSPS) is 21.2. The lowest BCUT2D eigenvalue weighted by Crippen LogP contribution is -2.35. The number of hydrogen-bond donors (Lipinski definition) is 1. The van der Waals surface area contributed by atoms with E-state index in [1.165, 1.54) is 24.9 Å². The summed E-state index contributed by atoms with van der Waals surface area (Å²) in [4.78, 5) is 2.49. The smallest absolute Gasteiger partial charge is 0.0595 e. The van der Waals surface area contributed by atoms with Crippen LogP contribution in [0.25, 0.3) is 0 Å². The molecule has 1 aliphatic heterocycles. The van der Waals surface area contributed by atoms with Crippen LogP contribution in [0, 0.1) is 5.92 Å². The van der Waals surface area contributed by atoms with Crippen molar-refractivity contribution in [1.29, 1.82) is 0 Å². The predicted octanol–water partition coefficient (Wildman–Crippen LogP) is 3.55. The number of likely N-dealkylation sites (tertiary alicyclic amines) is 1. The van der Waals surface area contributed by atoms with E-state index < -0.39 is 0 Å². The van der Waals surface area contributed by atoms with E-state index in [-0.39, 0.29) is 0 Å². The molecule has 0 bridgehead atoms. The fourth-order valence-electron chi connectivity index (χ4n) is 2.66. The minimum atomic E-state index is 0.625. The van der Waals surface area contributed by atoms with E-state index >= 15 is 0 Å². The lowest BCUT2D eigenvalue weighted by Gasteiger charge is -2.32. The van der Waals surface area contributed by atoms with Crippen LogP contribution < -0.4 is 5.73 Å². The fraction of sp³-hybridized carbons (Fsp3) is 0.571. The van der Waals surface area contributed by atoms with Gasteiger partial charge in [-0.05, 0) is 56.0 Å². The zero-order valence-electron chi connectivity index (χ0n) is 10.5. The molecule has 1 fully saturated rings. The van der Waals surface area contributed by atoms with Crippen molar-refractivity contribution in [2.75, 3.05) is 19.6 Å². The summed E-state index contributed by atoms with van der Waals surface area (Å²) in [5.74, 6) is 0.756. The standard InChI is InChI=1S/C14H20Cl2N2/c15-13-4-3-12(8-14(13)16)10-18-7-1-2-11(9-18)5-6-17/h3-4,8,11H,1-2,5-7,9-10,17H2. The van der Waals surface area contributed by atoms with Gasteiger partial charge in [-0.3, -0.25) is 4.90 Å². The van der Waals surface area contributed by atoms with Crippen molar-refractivity contribution in [3.63, 3.8) is 0 Å². The van der Waals surface area contributed by atoms with Crippen LogP contribution in [0.2, 0.25) is 10.0 Å². The Bertz CT molecular complexity index is 393. The number of nitrogens with zero attached hydrogens (tertiary/aromatic N) is 1. The Hall–Kier alpha value is -0.280. The molecule has 18 heavy (non-hydrogen) atoms. The highest BCUT2D eigenvalue weighted by molar-refractivity contribution is 6.42. The molecule has 0 saturated carbocycles. The maximum Gasteiger partial charge on any atom is 0.0595 e. The Morgan fingerprint density at radius 1 is 1.28 bits per heavy atom. The minimum absolute atomic E-state index is 0.625. The van der Waals surface area contributed by atoms with Crippen molar-refractivity contribution in [1.82, 2.24) is 4.90 Å². The average molecular weight is 287 g/mol. The summed E-state index contributed by atoms with van der Waals surface area (Å²) in [7, 11) is 0. The van der Waals surface area contributed by atoms with Crippen molar-refractivity contribution < 1.29 is 0 Å². The molecule has 0 aromatic heterocycles. The molecule has 1 saturated heterocycles. The third-order valence-corrected chi connectivity index (χ3v) is 4.31. The van der Waals surface area contributed by atoms with Gasteiger partial charge in [0.1, 0.15) is 0 Å². The molecule has 0 radical (unpaired) electrons. The number of hydrogen-bond acceptors (Lipinski definition) is 2. The van der Waals surface area contributed by atoms with Gasteiger partial charge in [0.05, 0.1) is 10.0 Å². The van der Waals surface area contributed by atoms with E-state index in [0.29, 0.717) is 10.0 Å². The van der Waals surface area contributed by atoms with Gasteiger partial charge in [-0.25, -0.2) is 0 Å². The first-order valence-electron chi connectivity index (χ1n) is 6.55. The first-order chi connectivity index (χ1) is 8.69. The summed E-state index contributed by atoms with van der Waals surface area (Å²) in [6, 6.07) is 5.90. The second-order valence-electron chi connectivity index (χ2n) is 5.07. The van der Waals surface area contributed by atoms with Crippen LogP contribution in [0.5, 0.6) is 0 Å². The Morgan fingerprint density at radius 3 is 2.83 bits per heavy atom. The molecule has 2 N–H and O–H groups in total. The highest BCUT2D eigenvalue weighted by atomic mass is 35.5. The summed E-state index contributed by atoms with van der Waals surface area (Å²) in [5, 5.41) is 1.27. The molecule has 1 aromatic rings. The Kier molecular flexibility index (Phi) is 5.31. The molecule has 1 aromatic carbocycles. The molecule has 1 aliphatic rings. The molecular formula is C14H20Cl2N2. The first kappa shape index (κ1) is 14.1. The number of benzene rings is 1. The van der Waals surface area contributed by atoms with Gasteiger partial charge in [0, 0.05) is 13.1 Å². The number of nitrogens with two attached hydrogens (primary N) is 1. The van der Waals surface area contributed by atoms with E-state index in [1.807, 2.05) is 12.1 Å². The third-order valence-electron chi connectivity index (χ3n) is 3.57. The number of rotatable bonds is 4. The van der Waals surface area contributed by atoms with Crippen LogP contribution in [0.3, 0.4) is 0 Å². The molecule has 2 rings (SSSR count). The van der Waals surface area contributed by atoms with Gasteiger partial charge in [0.2, 0.25) is 0 Å². The van der Waals surface area contributed by atoms with Gasteiger partial charge in [-0.15, -0.1) is 0 Å². The zero-order valence-corrected chi connectivity index (χ0v) is 12.1. The highest BCUT2D eigenvalue weighted by Crippen LogP contribution is 2.25. The van der Waals surface area contributed by atoms with Crippen LogP contribution in [-0.2, 0) is 6.54 Å². The van der Waals surface area contributed by atoms with E-state index in [9.17, 15) is 0 Å². The summed E-state index contributed by atoms with van der Waals surface area (Å²) in [6.07, 6.45) is 3.72. The Morgan fingerprint density at radius 2 is 2.11 bits per heavy atom. The Balaban J connectivity index is 1.93. The molecule has 1 atom stereocenters. The monoisotopic (exact) mass is 286 g/mol. The van der Waals surface area contributed by atoms with E-state index in [0.717, 1.165) is 32.0 Å². The van der Waals surface area contributed by atoms with E-state index in [1.54, 1.807) is 0 Å². The van der Waals surface area contributed by atoms with Gasteiger partial charge in [-0.1, -0.05) is 29.3 Å². The van der Waals surface area contributed by atoms with Crippen LogP contribution in [0.1, 0.15) is 24.8 Å². The van der Waals surface area contributed by atoms with Gasteiger partial charge in [0.25, 0.3) is 0 Å². The lowest BCUT2D eigenvalue weighted by molar-refractivity contribution is 0.163. The first-order valence-corrected chi connectivity index (χ1v) is 7.31. The maximum absolute atomic E-state index is 6.04. The summed E-state index contributed by atoms with van der Waals surface area (Å²) in [6.45, 7) is 4.07. The molecule has 2 nitrogen and oxygen atoms in total. The number of piperidine rings is 1. The summed E-state index contributed by atoms with van der Waals surface area (Å²) in [5.41, 5.74) is 6.88. The van der Waals surface area contributed by atoms with Gasteiger partial charge in [-0.2, -0.15) is 0 Å². The SMILES string of the molecule is NCCC1CCCN(Cc2ccc(Cl)c(Cl)c2)C1. The minimum Gasteiger partial charge on any atom is -0.330 e. The van der Waals surface area contributed by atoms with Gasteiger partial charge in [0.15, 0.2) is 0 Å². The third kappa shape index (κ3) is 3.86. The molecule has 100 valence electrons. The van der Waals surface area contributed by atoms with Crippen molar-refractivity contribution >= 4 is 23.2 Å².